The van der Waals surface area contributed by atoms with Crippen LogP contribution in [-0.2, 0) is 6.18 Å². The zero-order chi connectivity index (χ0) is 18.6. The van der Waals surface area contributed by atoms with Gasteiger partial charge in [0.15, 0.2) is 5.82 Å². The molecule has 0 saturated carbocycles. The van der Waals surface area contributed by atoms with Crippen molar-refractivity contribution in [2.45, 2.75) is 6.18 Å². The fraction of sp³-hybridized carbons (Fsp3) is 0.105. The first-order valence-electron chi connectivity index (χ1n) is 7.64. The van der Waals surface area contributed by atoms with E-state index in [1.54, 1.807) is 31.4 Å². The summed E-state index contributed by atoms with van der Waals surface area (Å²) in [5, 5.41) is 0. The minimum absolute atomic E-state index is 0.359. The lowest BCUT2D eigenvalue weighted by Crippen LogP contribution is -2.07. The molecule has 132 valence electrons. The summed E-state index contributed by atoms with van der Waals surface area (Å²) in [4.78, 5) is 12.5. The predicted octanol–water partition coefficient (Wildman–Crippen LogP) is 4.67. The lowest BCUT2D eigenvalue weighted by molar-refractivity contribution is -0.137. The van der Waals surface area contributed by atoms with Gasteiger partial charge in [-0.2, -0.15) is 13.2 Å². The van der Waals surface area contributed by atoms with Gasteiger partial charge in [0.25, 0.3) is 0 Å². The van der Waals surface area contributed by atoms with Gasteiger partial charge in [-0.3, -0.25) is 4.98 Å². The second kappa shape index (κ2) is 7.35. The zero-order valence-corrected chi connectivity index (χ0v) is 13.7. The summed E-state index contributed by atoms with van der Waals surface area (Å²) < 4.78 is 43.6. The minimum Gasteiger partial charge on any atom is -0.497 e. The molecule has 2 aromatic carbocycles. The van der Waals surface area contributed by atoms with Gasteiger partial charge in [-0.15, -0.1) is 0 Å². The van der Waals surface area contributed by atoms with Crippen LogP contribution in [0, 0.1) is 0 Å². The first kappa shape index (κ1) is 17.6. The van der Waals surface area contributed by atoms with E-state index in [-0.39, 0.29) is 0 Å². The van der Waals surface area contributed by atoms with E-state index in [1.165, 1.54) is 30.7 Å². The van der Waals surface area contributed by atoms with Gasteiger partial charge in [0.05, 0.1) is 24.6 Å². The fourth-order valence-corrected chi connectivity index (χ4v) is 2.33. The highest BCUT2D eigenvalue weighted by Crippen LogP contribution is 2.29. The van der Waals surface area contributed by atoms with Crippen LogP contribution >= 0.6 is 0 Å². The molecule has 4 nitrogen and oxygen atoms in total. The van der Waals surface area contributed by atoms with Crippen LogP contribution in [-0.4, -0.2) is 22.8 Å². The molecule has 0 aliphatic carbocycles. The van der Waals surface area contributed by atoms with Gasteiger partial charge >= 0.3 is 6.18 Å². The van der Waals surface area contributed by atoms with Gasteiger partial charge in [0, 0.05) is 23.5 Å². The summed E-state index contributed by atoms with van der Waals surface area (Å²) in [5.41, 5.74) is 1.03. The number of nitrogens with zero attached hydrogens (tertiary/aromatic N) is 3. The molecule has 0 radical (unpaired) electrons. The van der Waals surface area contributed by atoms with Gasteiger partial charge in [0.2, 0.25) is 0 Å². The number of alkyl halides is 3. The molecule has 0 unspecified atom stereocenters. The minimum atomic E-state index is -4.39. The van der Waals surface area contributed by atoms with Gasteiger partial charge < -0.3 is 4.74 Å². The number of halogens is 3. The fourth-order valence-electron chi connectivity index (χ4n) is 2.33. The standard InChI is InChI=1S/C19H14F3N3O/c1-26-16-8-4-14(5-9-16)18(25-17-12-23-10-11-24-17)13-2-6-15(7-3-13)19(20,21)22/h2-12H,1H3. The van der Waals surface area contributed by atoms with Crippen LogP contribution in [0.2, 0.25) is 0 Å². The maximum atomic E-state index is 12.8. The Kier molecular flexibility index (Phi) is 4.97. The molecule has 0 aliphatic heterocycles. The van der Waals surface area contributed by atoms with Crippen molar-refractivity contribution in [2.75, 3.05) is 7.11 Å². The third-order valence-corrected chi connectivity index (χ3v) is 3.63. The molecule has 0 bridgehead atoms. The summed E-state index contributed by atoms with van der Waals surface area (Å²) in [6.07, 6.45) is 0.107. The number of hydrogen-bond acceptors (Lipinski definition) is 4. The number of aliphatic imine (C=N–C) groups is 1. The van der Waals surface area contributed by atoms with E-state index in [2.05, 4.69) is 15.0 Å². The van der Waals surface area contributed by atoms with E-state index in [0.29, 0.717) is 22.8 Å². The van der Waals surface area contributed by atoms with Crippen molar-refractivity contribution in [2.24, 2.45) is 4.99 Å². The third-order valence-electron chi connectivity index (χ3n) is 3.63. The Hall–Kier alpha value is -3.22. The number of rotatable bonds is 4. The van der Waals surface area contributed by atoms with Gasteiger partial charge in [-0.1, -0.05) is 12.1 Å². The summed E-state index contributed by atoms with van der Waals surface area (Å²) in [6.45, 7) is 0. The Labute approximate surface area is 148 Å². The van der Waals surface area contributed by atoms with E-state index in [0.717, 1.165) is 17.7 Å². The normalized spacial score (nSPS) is 12.1. The largest absolute Gasteiger partial charge is 0.497 e. The number of ether oxygens (including phenoxy) is 1. The molecule has 3 rings (SSSR count). The number of methoxy groups -OCH3 is 1. The van der Waals surface area contributed by atoms with Crippen LogP contribution in [0.5, 0.6) is 5.75 Å². The molecule has 3 aromatic rings. The molecule has 1 heterocycles. The summed E-state index contributed by atoms with van der Waals surface area (Å²) in [5.74, 6) is 1.03. The Bertz CT molecular complexity index is 890. The summed E-state index contributed by atoms with van der Waals surface area (Å²) >= 11 is 0. The second-order valence-electron chi connectivity index (χ2n) is 5.33. The Morgan fingerprint density at radius 1 is 0.923 bits per heavy atom. The van der Waals surface area contributed by atoms with E-state index in [4.69, 9.17) is 4.74 Å². The first-order valence-corrected chi connectivity index (χ1v) is 7.64. The molecule has 0 spiro atoms. The monoisotopic (exact) mass is 357 g/mol. The number of benzene rings is 2. The number of aromatic nitrogens is 2. The Morgan fingerprint density at radius 3 is 2.04 bits per heavy atom. The van der Waals surface area contributed by atoms with Crippen LogP contribution in [0.15, 0.2) is 72.1 Å². The molecule has 0 aliphatic rings. The van der Waals surface area contributed by atoms with Crippen molar-refractivity contribution in [1.82, 2.24) is 9.97 Å². The van der Waals surface area contributed by atoms with Crippen LogP contribution < -0.4 is 4.74 Å². The molecule has 1 aromatic heterocycles. The molecule has 0 atom stereocenters. The van der Waals surface area contributed by atoms with Crippen LogP contribution in [0.25, 0.3) is 0 Å². The average Bonchev–Trinajstić information content (AvgIpc) is 2.66. The van der Waals surface area contributed by atoms with Crippen molar-refractivity contribution in [3.8, 4) is 5.75 Å². The smallest absolute Gasteiger partial charge is 0.416 e. The lowest BCUT2D eigenvalue weighted by Gasteiger charge is -2.11. The molecular formula is C19H14F3N3O. The van der Waals surface area contributed by atoms with Crippen molar-refractivity contribution in [3.63, 3.8) is 0 Å². The topological polar surface area (TPSA) is 47.4 Å². The predicted molar refractivity (Wildman–Crippen MR) is 91.8 cm³/mol. The Balaban J connectivity index is 2.07. The molecule has 0 N–H and O–H groups in total. The lowest BCUT2D eigenvalue weighted by atomic mass is 10.0. The van der Waals surface area contributed by atoms with E-state index < -0.39 is 11.7 Å². The van der Waals surface area contributed by atoms with Gasteiger partial charge in [-0.05, 0) is 36.4 Å². The van der Waals surface area contributed by atoms with Crippen LogP contribution in [0.1, 0.15) is 16.7 Å². The highest BCUT2D eigenvalue weighted by Gasteiger charge is 2.30. The van der Waals surface area contributed by atoms with E-state index in [1.807, 2.05) is 0 Å². The van der Waals surface area contributed by atoms with Crippen molar-refractivity contribution in [1.29, 1.82) is 0 Å². The quantitative estimate of drug-likeness (QED) is 0.638. The third kappa shape index (κ3) is 4.05. The molecule has 0 fully saturated rings. The molecule has 26 heavy (non-hydrogen) atoms. The summed E-state index contributed by atoms with van der Waals surface area (Å²) in [7, 11) is 1.55. The average molecular weight is 357 g/mol. The second-order valence-corrected chi connectivity index (χ2v) is 5.33. The van der Waals surface area contributed by atoms with Crippen molar-refractivity contribution < 1.29 is 17.9 Å². The van der Waals surface area contributed by atoms with Crippen molar-refractivity contribution >= 4 is 11.5 Å². The van der Waals surface area contributed by atoms with Crippen molar-refractivity contribution in [3.05, 3.63) is 83.8 Å². The maximum absolute atomic E-state index is 12.8. The van der Waals surface area contributed by atoms with Crippen LogP contribution in [0.4, 0.5) is 19.0 Å². The maximum Gasteiger partial charge on any atom is 0.416 e. The SMILES string of the molecule is COc1ccc(C(=Nc2cnccn2)c2ccc(C(F)(F)F)cc2)cc1. The molecule has 0 saturated heterocycles. The first-order chi connectivity index (χ1) is 12.5. The molecular weight excluding hydrogens is 343 g/mol. The van der Waals surface area contributed by atoms with Crippen LogP contribution in [0.3, 0.4) is 0 Å². The van der Waals surface area contributed by atoms with Gasteiger partial charge in [0.1, 0.15) is 5.75 Å². The van der Waals surface area contributed by atoms with Gasteiger partial charge in [-0.25, -0.2) is 9.98 Å². The highest BCUT2D eigenvalue weighted by molar-refractivity contribution is 6.13. The zero-order valence-electron chi connectivity index (χ0n) is 13.7. The van der Waals surface area contributed by atoms with E-state index in [9.17, 15) is 13.2 Å². The molecule has 7 heteroatoms. The molecule has 0 amide bonds. The summed E-state index contributed by atoms with van der Waals surface area (Å²) in [6, 6.07) is 11.9. The van der Waals surface area contributed by atoms with E-state index >= 15 is 0 Å². The highest BCUT2D eigenvalue weighted by atomic mass is 19.4. The number of hydrogen-bond donors (Lipinski definition) is 0. The Morgan fingerprint density at radius 2 is 1.54 bits per heavy atom.